The molecule has 0 atom stereocenters. The Morgan fingerprint density at radius 3 is 2.54 bits per heavy atom. The Labute approximate surface area is 142 Å². The van der Waals surface area contributed by atoms with Crippen LogP contribution < -0.4 is 9.80 Å². The molecule has 1 amide bonds. The minimum Gasteiger partial charge on any atom is -0.368 e. The minimum atomic E-state index is -0.00937. The second kappa shape index (κ2) is 6.24. The van der Waals surface area contributed by atoms with Gasteiger partial charge in [0.15, 0.2) is 0 Å². The number of hydrogen-bond acceptors (Lipinski definition) is 4. The Morgan fingerprint density at radius 2 is 1.79 bits per heavy atom. The van der Waals surface area contributed by atoms with Crippen LogP contribution in [0.3, 0.4) is 0 Å². The highest BCUT2D eigenvalue weighted by Crippen LogP contribution is 2.28. The molecular formula is C19H22N4O. The lowest BCUT2D eigenvalue weighted by atomic mass is 10.2. The topological polar surface area (TPSA) is 39.7 Å². The predicted molar refractivity (Wildman–Crippen MR) is 95.8 cm³/mol. The summed E-state index contributed by atoms with van der Waals surface area (Å²) in [6.07, 6.45) is 2.75. The van der Waals surface area contributed by atoms with E-state index in [1.807, 2.05) is 41.4 Å². The van der Waals surface area contributed by atoms with E-state index >= 15 is 0 Å². The van der Waals surface area contributed by atoms with Crippen molar-refractivity contribution in [3.05, 3.63) is 53.9 Å². The third-order valence-electron chi connectivity index (χ3n) is 4.97. The van der Waals surface area contributed by atoms with Crippen LogP contribution in [-0.2, 0) is 6.42 Å². The lowest BCUT2D eigenvalue weighted by Gasteiger charge is -2.33. The molecule has 0 radical (unpaired) electrons. The zero-order chi connectivity index (χ0) is 16.5. The highest BCUT2D eigenvalue weighted by molar-refractivity contribution is 6.06. The maximum atomic E-state index is 12.8. The van der Waals surface area contributed by atoms with Crippen LogP contribution in [0, 0.1) is 0 Å². The fourth-order valence-corrected chi connectivity index (χ4v) is 3.45. The standard InChI is InChI=1S/C19H22N4O/c1-21-10-12-22(13-11-21)16-6-7-17(20-14-16)19(24)23-9-8-15-4-2-3-5-18(15)23/h2-7,14H,8-13H2,1H3. The third kappa shape index (κ3) is 2.76. The number of benzene rings is 1. The average molecular weight is 322 g/mol. The van der Waals surface area contributed by atoms with Gasteiger partial charge in [-0.05, 0) is 37.2 Å². The molecule has 0 unspecified atom stereocenters. The van der Waals surface area contributed by atoms with E-state index < -0.39 is 0 Å². The summed E-state index contributed by atoms with van der Waals surface area (Å²) in [6.45, 7) is 4.87. The van der Waals surface area contributed by atoms with Crippen LogP contribution in [0.15, 0.2) is 42.6 Å². The second-order valence-corrected chi connectivity index (χ2v) is 6.53. The zero-order valence-corrected chi connectivity index (χ0v) is 14.0. The van der Waals surface area contributed by atoms with Gasteiger partial charge in [0.25, 0.3) is 5.91 Å². The van der Waals surface area contributed by atoms with Gasteiger partial charge in [-0.1, -0.05) is 18.2 Å². The maximum Gasteiger partial charge on any atom is 0.276 e. The molecule has 0 aliphatic carbocycles. The molecule has 0 N–H and O–H groups in total. The van der Waals surface area contributed by atoms with Crippen molar-refractivity contribution in [3.63, 3.8) is 0 Å². The van der Waals surface area contributed by atoms with Crippen LogP contribution >= 0.6 is 0 Å². The van der Waals surface area contributed by atoms with Crippen LogP contribution in [0.25, 0.3) is 0 Å². The number of aromatic nitrogens is 1. The third-order valence-corrected chi connectivity index (χ3v) is 4.97. The molecule has 1 aromatic heterocycles. The molecule has 0 saturated carbocycles. The number of nitrogens with zero attached hydrogens (tertiary/aromatic N) is 4. The summed E-state index contributed by atoms with van der Waals surface area (Å²) >= 11 is 0. The molecule has 0 bridgehead atoms. The Balaban J connectivity index is 1.50. The number of pyridine rings is 1. The SMILES string of the molecule is CN1CCN(c2ccc(C(=O)N3CCc4ccccc43)nc2)CC1. The van der Waals surface area contributed by atoms with Crippen molar-refractivity contribution in [1.82, 2.24) is 9.88 Å². The van der Waals surface area contributed by atoms with E-state index in [1.54, 1.807) is 0 Å². The lowest BCUT2D eigenvalue weighted by Crippen LogP contribution is -2.44. The summed E-state index contributed by atoms with van der Waals surface area (Å²) in [6, 6.07) is 12.0. The summed E-state index contributed by atoms with van der Waals surface area (Å²) in [5, 5.41) is 0. The molecule has 124 valence electrons. The van der Waals surface area contributed by atoms with Gasteiger partial charge < -0.3 is 14.7 Å². The van der Waals surface area contributed by atoms with Gasteiger partial charge in [-0.2, -0.15) is 0 Å². The molecule has 24 heavy (non-hydrogen) atoms. The van der Waals surface area contributed by atoms with Crippen molar-refractivity contribution < 1.29 is 4.79 Å². The molecule has 0 spiro atoms. The number of hydrogen-bond donors (Lipinski definition) is 0. The summed E-state index contributed by atoms with van der Waals surface area (Å²) in [5.74, 6) is -0.00937. The number of fused-ring (bicyclic) bond motifs is 1. The highest BCUT2D eigenvalue weighted by atomic mass is 16.2. The van der Waals surface area contributed by atoms with Crippen molar-refractivity contribution in [1.29, 1.82) is 0 Å². The Morgan fingerprint density at radius 1 is 1.00 bits per heavy atom. The number of rotatable bonds is 2. The van der Waals surface area contributed by atoms with Gasteiger partial charge >= 0.3 is 0 Å². The van der Waals surface area contributed by atoms with Crippen LogP contribution in [-0.4, -0.2) is 55.6 Å². The molecule has 3 heterocycles. The fraction of sp³-hybridized carbons (Fsp3) is 0.368. The molecule has 2 aliphatic rings. The first kappa shape index (κ1) is 15.1. The number of amides is 1. The molecule has 5 heteroatoms. The normalized spacial score (nSPS) is 17.9. The van der Waals surface area contributed by atoms with Crippen molar-refractivity contribution in [2.24, 2.45) is 0 Å². The largest absolute Gasteiger partial charge is 0.368 e. The Kier molecular flexibility index (Phi) is 3.94. The summed E-state index contributed by atoms with van der Waals surface area (Å²) in [7, 11) is 2.14. The second-order valence-electron chi connectivity index (χ2n) is 6.53. The average Bonchev–Trinajstić information content (AvgIpc) is 3.06. The monoisotopic (exact) mass is 322 g/mol. The Bertz CT molecular complexity index is 735. The van der Waals surface area contributed by atoms with Crippen molar-refractivity contribution in [2.45, 2.75) is 6.42 Å². The minimum absolute atomic E-state index is 0.00937. The molecule has 2 aromatic rings. The smallest absolute Gasteiger partial charge is 0.276 e. The van der Waals surface area contributed by atoms with Gasteiger partial charge in [-0.25, -0.2) is 4.98 Å². The first-order chi connectivity index (χ1) is 11.7. The predicted octanol–water partition coefficient (Wildman–Crippen LogP) is 2.04. The summed E-state index contributed by atoms with van der Waals surface area (Å²) in [5.41, 5.74) is 3.87. The van der Waals surface area contributed by atoms with Crippen LogP contribution in [0.5, 0.6) is 0 Å². The van der Waals surface area contributed by atoms with Gasteiger partial charge in [-0.3, -0.25) is 4.79 Å². The summed E-state index contributed by atoms with van der Waals surface area (Å²) in [4.78, 5) is 23.7. The number of likely N-dealkylation sites (N-methyl/N-ethyl adjacent to an activating group) is 1. The van der Waals surface area contributed by atoms with Gasteiger partial charge in [-0.15, -0.1) is 0 Å². The quantitative estimate of drug-likeness (QED) is 0.848. The fourth-order valence-electron chi connectivity index (χ4n) is 3.45. The van der Waals surface area contributed by atoms with E-state index in [1.165, 1.54) is 5.56 Å². The number of anilines is 2. The first-order valence-electron chi connectivity index (χ1n) is 8.52. The van der Waals surface area contributed by atoms with Crippen LogP contribution in [0.1, 0.15) is 16.1 Å². The highest BCUT2D eigenvalue weighted by Gasteiger charge is 2.26. The zero-order valence-electron chi connectivity index (χ0n) is 14.0. The van der Waals surface area contributed by atoms with E-state index in [-0.39, 0.29) is 5.91 Å². The summed E-state index contributed by atoms with van der Waals surface area (Å²) < 4.78 is 0. The van der Waals surface area contributed by atoms with Gasteiger partial charge in [0, 0.05) is 38.4 Å². The van der Waals surface area contributed by atoms with E-state index in [4.69, 9.17) is 0 Å². The van der Waals surface area contributed by atoms with Crippen LogP contribution in [0.2, 0.25) is 0 Å². The molecule has 5 nitrogen and oxygen atoms in total. The van der Waals surface area contributed by atoms with E-state index in [0.29, 0.717) is 5.69 Å². The molecule has 1 aromatic carbocycles. The lowest BCUT2D eigenvalue weighted by molar-refractivity contribution is 0.0984. The van der Waals surface area contributed by atoms with Gasteiger partial charge in [0.05, 0.1) is 11.9 Å². The number of piperazine rings is 1. The van der Waals surface area contributed by atoms with Gasteiger partial charge in [0.2, 0.25) is 0 Å². The van der Waals surface area contributed by atoms with E-state index in [2.05, 4.69) is 27.9 Å². The first-order valence-corrected chi connectivity index (χ1v) is 8.52. The van der Waals surface area contributed by atoms with Gasteiger partial charge in [0.1, 0.15) is 5.69 Å². The number of para-hydroxylation sites is 1. The molecule has 1 saturated heterocycles. The van der Waals surface area contributed by atoms with Crippen LogP contribution in [0.4, 0.5) is 11.4 Å². The number of carbonyl (C=O) groups excluding carboxylic acids is 1. The van der Waals surface area contributed by atoms with E-state index in [0.717, 1.165) is 50.5 Å². The molecule has 2 aliphatic heterocycles. The van der Waals surface area contributed by atoms with Crippen molar-refractivity contribution in [3.8, 4) is 0 Å². The van der Waals surface area contributed by atoms with Crippen molar-refractivity contribution in [2.75, 3.05) is 49.6 Å². The maximum absolute atomic E-state index is 12.8. The van der Waals surface area contributed by atoms with Crippen molar-refractivity contribution >= 4 is 17.3 Å². The van der Waals surface area contributed by atoms with E-state index in [9.17, 15) is 4.79 Å². The molecule has 4 rings (SSSR count). The Hall–Kier alpha value is -2.40. The molecular weight excluding hydrogens is 300 g/mol. The molecule has 1 fully saturated rings. The number of carbonyl (C=O) groups is 1.